The van der Waals surface area contributed by atoms with Crippen molar-refractivity contribution >= 4 is 35.8 Å². The second-order valence-corrected chi connectivity index (χ2v) is 4.17. The number of halogens is 2. The zero-order chi connectivity index (χ0) is 10.1. The SMILES string of the molecule is Cl.Cl.c1cnc2[nH]c(C3CCCCN3)cc2c1. The fraction of sp³-hybridized carbons (Fsp3) is 0.417. The molecule has 3 heterocycles. The van der Waals surface area contributed by atoms with Crippen LogP contribution in [0.25, 0.3) is 11.0 Å². The average Bonchev–Trinajstić information content (AvgIpc) is 2.74. The second kappa shape index (κ2) is 6.24. The van der Waals surface area contributed by atoms with Crippen molar-refractivity contribution in [1.29, 1.82) is 0 Å². The second-order valence-electron chi connectivity index (χ2n) is 4.17. The molecule has 0 radical (unpaired) electrons. The minimum atomic E-state index is 0. The highest BCUT2D eigenvalue weighted by Crippen LogP contribution is 2.24. The molecule has 0 aromatic carbocycles. The molecule has 3 nitrogen and oxygen atoms in total. The van der Waals surface area contributed by atoms with Gasteiger partial charge in [0.25, 0.3) is 0 Å². The van der Waals surface area contributed by atoms with Gasteiger partial charge in [-0.2, -0.15) is 0 Å². The van der Waals surface area contributed by atoms with E-state index in [1.54, 1.807) is 0 Å². The van der Waals surface area contributed by atoms with Gasteiger partial charge in [0.1, 0.15) is 5.65 Å². The summed E-state index contributed by atoms with van der Waals surface area (Å²) in [5.41, 5.74) is 2.28. The van der Waals surface area contributed by atoms with E-state index in [-0.39, 0.29) is 24.8 Å². The van der Waals surface area contributed by atoms with E-state index in [9.17, 15) is 0 Å². The van der Waals surface area contributed by atoms with Gasteiger partial charge in [-0.05, 0) is 37.6 Å². The van der Waals surface area contributed by atoms with Crippen molar-refractivity contribution in [1.82, 2.24) is 15.3 Å². The van der Waals surface area contributed by atoms with Crippen LogP contribution in [0.1, 0.15) is 31.0 Å². The van der Waals surface area contributed by atoms with Crippen LogP contribution < -0.4 is 5.32 Å². The Kier molecular flexibility index (Phi) is 5.25. The Morgan fingerprint density at radius 2 is 2.12 bits per heavy atom. The number of fused-ring (bicyclic) bond motifs is 1. The molecule has 1 atom stereocenters. The van der Waals surface area contributed by atoms with Crippen LogP contribution in [0.2, 0.25) is 0 Å². The molecule has 0 spiro atoms. The van der Waals surface area contributed by atoms with Crippen LogP contribution >= 0.6 is 24.8 Å². The van der Waals surface area contributed by atoms with E-state index in [2.05, 4.69) is 27.4 Å². The number of aromatic nitrogens is 2. The van der Waals surface area contributed by atoms with Gasteiger partial charge in [-0.25, -0.2) is 4.98 Å². The van der Waals surface area contributed by atoms with E-state index in [4.69, 9.17) is 0 Å². The Bertz CT molecular complexity index is 430. The molecule has 1 fully saturated rings. The van der Waals surface area contributed by atoms with Crippen molar-refractivity contribution < 1.29 is 0 Å². The lowest BCUT2D eigenvalue weighted by atomic mass is 10.0. The Balaban J connectivity index is 0.000000722. The molecule has 0 amide bonds. The third-order valence-electron chi connectivity index (χ3n) is 3.10. The van der Waals surface area contributed by atoms with Gasteiger partial charge in [0.15, 0.2) is 0 Å². The van der Waals surface area contributed by atoms with E-state index in [0.717, 1.165) is 12.2 Å². The topological polar surface area (TPSA) is 40.7 Å². The fourth-order valence-corrected chi connectivity index (χ4v) is 2.28. The molecule has 94 valence electrons. The largest absolute Gasteiger partial charge is 0.342 e. The van der Waals surface area contributed by atoms with E-state index < -0.39 is 0 Å². The first-order valence-electron chi connectivity index (χ1n) is 5.60. The molecular formula is C12H17Cl2N3. The number of H-pyrrole nitrogens is 1. The third kappa shape index (κ3) is 2.92. The Morgan fingerprint density at radius 3 is 2.82 bits per heavy atom. The number of aromatic amines is 1. The maximum Gasteiger partial charge on any atom is 0.137 e. The van der Waals surface area contributed by atoms with Gasteiger partial charge < -0.3 is 10.3 Å². The predicted molar refractivity (Wildman–Crippen MR) is 75.2 cm³/mol. The van der Waals surface area contributed by atoms with Crippen LogP contribution in [0.15, 0.2) is 24.4 Å². The molecule has 1 unspecified atom stereocenters. The van der Waals surface area contributed by atoms with Crippen molar-refractivity contribution in [2.75, 3.05) is 6.54 Å². The number of nitrogens with zero attached hydrogens (tertiary/aromatic N) is 1. The lowest BCUT2D eigenvalue weighted by molar-refractivity contribution is 0.407. The third-order valence-corrected chi connectivity index (χ3v) is 3.10. The summed E-state index contributed by atoms with van der Waals surface area (Å²) in [5, 5.41) is 4.75. The zero-order valence-corrected chi connectivity index (χ0v) is 11.1. The molecule has 1 saturated heterocycles. The molecule has 0 saturated carbocycles. The quantitative estimate of drug-likeness (QED) is 0.838. The summed E-state index contributed by atoms with van der Waals surface area (Å²) in [6.45, 7) is 1.13. The highest BCUT2D eigenvalue weighted by Gasteiger charge is 2.16. The Hall–Kier alpha value is -0.770. The van der Waals surface area contributed by atoms with Gasteiger partial charge in [-0.1, -0.05) is 6.42 Å². The molecule has 1 aliphatic heterocycles. The molecule has 17 heavy (non-hydrogen) atoms. The standard InChI is InChI=1S/C12H15N3.2ClH/c1-2-6-13-10(5-1)11-8-9-4-3-7-14-12(9)15-11;;/h3-4,7-8,10,13H,1-2,5-6H2,(H,14,15);2*1H. The highest BCUT2D eigenvalue weighted by molar-refractivity contribution is 5.85. The van der Waals surface area contributed by atoms with Gasteiger partial charge >= 0.3 is 0 Å². The molecular weight excluding hydrogens is 257 g/mol. The van der Waals surface area contributed by atoms with Crippen molar-refractivity contribution in [3.8, 4) is 0 Å². The minimum Gasteiger partial charge on any atom is -0.342 e. The van der Waals surface area contributed by atoms with Gasteiger partial charge in [-0.3, -0.25) is 0 Å². The fourth-order valence-electron chi connectivity index (χ4n) is 2.28. The smallest absolute Gasteiger partial charge is 0.137 e. The minimum absolute atomic E-state index is 0. The summed E-state index contributed by atoms with van der Waals surface area (Å²) in [5.74, 6) is 0. The van der Waals surface area contributed by atoms with Crippen molar-refractivity contribution in [3.05, 3.63) is 30.1 Å². The summed E-state index contributed by atoms with van der Waals surface area (Å²) >= 11 is 0. The van der Waals surface area contributed by atoms with Crippen LogP contribution in [0.5, 0.6) is 0 Å². The summed E-state index contributed by atoms with van der Waals surface area (Å²) in [4.78, 5) is 7.71. The average molecular weight is 274 g/mol. The first kappa shape index (κ1) is 14.3. The van der Waals surface area contributed by atoms with Gasteiger partial charge in [0.2, 0.25) is 0 Å². The van der Waals surface area contributed by atoms with Crippen LogP contribution in [0, 0.1) is 0 Å². The summed E-state index contributed by atoms with van der Waals surface area (Å²) in [6.07, 6.45) is 5.68. The first-order chi connectivity index (χ1) is 7.43. The van der Waals surface area contributed by atoms with Crippen molar-refractivity contribution in [3.63, 3.8) is 0 Å². The molecule has 2 aromatic rings. The number of pyridine rings is 1. The predicted octanol–water partition coefficient (Wildman–Crippen LogP) is 3.22. The molecule has 3 rings (SSSR count). The summed E-state index contributed by atoms with van der Waals surface area (Å²) in [7, 11) is 0. The number of hydrogen-bond acceptors (Lipinski definition) is 2. The van der Waals surface area contributed by atoms with Gasteiger partial charge in [0.05, 0.1) is 0 Å². The van der Waals surface area contributed by atoms with Crippen molar-refractivity contribution in [2.45, 2.75) is 25.3 Å². The van der Waals surface area contributed by atoms with Gasteiger partial charge in [0, 0.05) is 23.3 Å². The first-order valence-corrected chi connectivity index (χ1v) is 5.60. The van der Waals surface area contributed by atoms with E-state index in [1.807, 2.05) is 12.3 Å². The molecule has 2 aromatic heterocycles. The molecule has 0 aliphatic carbocycles. The molecule has 1 aliphatic rings. The van der Waals surface area contributed by atoms with Crippen LogP contribution in [-0.2, 0) is 0 Å². The van der Waals surface area contributed by atoms with Crippen LogP contribution in [-0.4, -0.2) is 16.5 Å². The Morgan fingerprint density at radius 1 is 1.24 bits per heavy atom. The maximum atomic E-state index is 4.31. The van der Waals surface area contributed by atoms with Crippen molar-refractivity contribution in [2.24, 2.45) is 0 Å². The van der Waals surface area contributed by atoms with E-state index in [0.29, 0.717) is 6.04 Å². The van der Waals surface area contributed by atoms with Crippen LogP contribution in [0.4, 0.5) is 0 Å². The number of hydrogen-bond donors (Lipinski definition) is 2. The normalized spacial score (nSPS) is 19.4. The highest BCUT2D eigenvalue weighted by atomic mass is 35.5. The number of piperidine rings is 1. The van der Waals surface area contributed by atoms with Gasteiger partial charge in [-0.15, -0.1) is 24.8 Å². The molecule has 5 heteroatoms. The Labute approximate surface area is 113 Å². The van der Waals surface area contributed by atoms with E-state index in [1.165, 1.54) is 30.3 Å². The zero-order valence-electron chi connectivity index (χ0n) is 9.48. The number of rotatable bonds is 1. The summed E-state index contributed by atoms with van der Waals surface area (Å²) in [6, 6.07) is 6.79. The number of nitrogens with one attached hydrogen (secondary N) is 2. The molecule has 0 bridgehead atoms. The maximum absolute atomic E-state index is 4.31. The lowest BCUT2D eigenvalue weighted by Gasteiger charge is -2.22. The monoisotopic (exact) mass is 273 g/mol. The van der Waals surface area contributed by atoms with E-state index >= 15 is 0 Å². The summed E-state index contributed by atoms with van der Waals surface area (Å²) < 4.78 is 0. The lowest BCUT2D eigenvalue weighted by Crippen LogP contribution is -2.26. The molecule has 2 N–H and O–H groups in total. The van der Waals surface area contributed by atoms with Crippen LogP contribution in [0.3, 0.4) is 0 Å².